The number of hydrogen-bond donors (Lipinski definition) is 1. The van der Waals surface area contributed by atoms with Crippen molar-refractivity contribution in [3.63, 3.8) is 0 Å². The van der Waals surface area contributed by atoms with E-state index in [-0.39, 0.29) is 17.3 Å². The van der Waals surface area contributed by atoms with Gasteiger partial charge in [-0.2, -0.15) is 4.98 Å². The number of hydrogen-bond acceptors (Lipinski definition) is 4. The van der Waals surface area contributed by atoms with Crippen LogP contribution in [-0.2, 0) is 0 Å². The third-order valence-corrected chi connectivity index (χ3v) is 4.55. The lowest BCUT2D eigenvalue weighted by atomic mass is 10.2. The minimum Gasteiger partial charge on any atom is -0.329 e. The lowest BCUT2D eigenvalue weighted by Gasteiger charge is -2.21. The Hall–Kier alpha value is -3.54. The number of fused-ring (bicyclic) bond motifs is 1. The van der Waals surface area contributed by atoms with Crippen molar-refractivity contribution >= 4 is 34.0 Å². The molecule has 0 radical (unpaired) electrons. The average molecular weight is 376 g/mol. The van der Waals surface area contributed by atoms with Gasteiger partial charge < -0.3 is 10.2 Å². The van der Waals surface area contributed by atoms with Gasteiger partial charge in [0.2, 0.25) is 5.95 Å². The van der Waals surface area contributed by atoms with Gasteiger partial charge >= 0.3 is 0 Å². The first kappa shape index (κ1) is 17.9. The summed E-state index contributed by atoms with van der Waals surface area (Å²) < 4.78 is 27.9. The van der Waals surface area contributed by atoms with E-state index in [0.717, 1.165) is 5.69 Å². The van der Waals surface area contributed by atoms with E-state index >= 15 is 0 Å². The van der Waals surface area contributed by atoms with E-state index in [0.29, 0.717) is 22.5 Å². The molecule has 0 saturated heterocycles. The summed E-state index contributed by atoms with van der Waals surface area (Å²) in [6, 6.07) is 18.9. The molecule has 0 aliphatic carbocycles. The molecular weight excluding hydrogens is 358 g/mol. The van der Waals surface area contributed by atoms with Gasteiger partial charge in [0.25, 0.3) is 0 Å². The van der Waals surface area contributed by atoms with Crippen molar-refractivity contribution < 1.29 is 8.78 Å². The molecule has 4 aromatic rings. The molecule has 4 rings (SSSR count). The van der Waals surface area contributed by atoms with Crippen molar-refractivity contribution in [1.82, 2.24) is 9.97 Å². The van der Waals surface area contributed by atoms with Crippen LogP contribution in [0, 0.1) is 18.6 Å². The van der Waals surface area contributed by atoms with E-state index in [1.807, 2.05) is 42.3 Å². The maximum atomic E-state index is 14.5. The lowest BCUT2D eigenvalue weighted by molar-refractivity contribution is 0.627. The second-order valence-electron chi connectivity index (χ2n) is 6.49. The highest BCUT2D eigenvalue weighted by atomic mass is 19.1. The fourth-order valence-electron chi connectivity index (χ4n) is 3.07. The standard InChI is InChI=1S/C22H18F2N4/c1-14-13-15(23)11-12-19(14)25-22-26-20-17(9-6-10-18(20)24)21(27-22)28(2)16-7-4-3-5-8-16/h3-13H,1-2H3,(H,25,26,27). The Morgan fingerprint density at radius 1 is 0.893 bits per heavy atom. The van der Waals surface area contributed by atoms with Crippen LogP contribution >= 0.6 is 0 Å². The second kappa shape index (κ2) is 7.23. The summed E-state index contributed by atoms with van der Waals surface area (Å²) in [6.07, 6.45) is 0. The fourth-order valence-corrected chi connectivity index (χ4v) is 3.07. The van der Waals surface area contributed by atoms with Crippen molar-refractivity contribution in [1.29, 1.82) is 0 Å². The average Bonchev–Trinajstić information content (AvgIpc) is 2.70. The first-order chi connectivity index (χ1) is 13.5. The van der Waals surface area contributed by atoms with Crippen LogP contribution in [0.25, 0.3) is 10.9 Å². The van der Waals surface area contributed by atoms with E-state index in [1.165, 1.54) is 18.2 Å². The predicted molar refractivity (Wildman–Crippen MR) is 108 cm³/mol. The number of anilines is 4. The topological polar surface area (TPSA) is 41.1 Å². The van der Waals surface area contributed by atoms with E-state index in [4.69, 9.17) is 0 Å². The Labute approximate surface area is 161 Å². The van der Waals surface area contributed by atoms with Crippen LogP contribution in [0.3, 0.4) is 0 Å². The maximum absolute atomic E-state index is 14.5. The van der Waals surface area contributed by atoms with Crippen LogP contribution in [0.5, 0.6) is 0 Å². The Morgan fingerprint density at radius 3 is 2.43 bits per heavy atom. The Balaban J connectivity index is 1.85. The largest absolute Gasteiger partial charge is 0.329 e. The minimum absolute atomic E-state index is 0.220. The van der Waals surface area contributed by atoms with Crippen LogP contribution in [0.2, 0.25) is 0 Å². The summed E-state index contributed by atoms with van der Waals surface area (Å²) in [6.45, 7) is 1.78. The number of nitrogens with one attached hydrogen (secondary N) is 1. The molecule has 0 aliphatic rings. The monoisotopic (exact) mass is 376 g/mol. The zero-order chi connectivity index (χ0) is 19.7. The van der Waals surface area contributed by atoms with E-state index in [2.05, 4.69) is 15.3 Å². The van der Waals surface area contributed by atoms with Gasteiger partial charge in [-0.15, -0.1) is 0 Å². The molecule has 0 spiro atoms. The number of benzene rings is 3. The van der Waals surface area contributed by atoms with Gasteiger partial charge in [0.1, 0.15) is 23.0 Å². The van der Waals surface area contributed by atoms with Gasteiger partial charge in [-0.05, 0) is 55.0 Å². The highest BCUT2D eigenvalue weighted by molar-refractivity contribution is 5.93. The highest BCUT2D eigenvalue weighted by Crippen LogP contribution is 2.31. The third kappa shape index (κ3) is 3.36. The van der Waals surface area contributed by atoms with E-state index < -0.39 is 5.82 Å². The second-order valence-corrected chi connectivity index (χ2v) is 6.49. The number of rotatable bonds is 4. The van der Waals surface area contributed by atoms with Crippen LogP contribution < -0.4 is 10.2 Å². The van der Waals surface area contributed by atoms with Gasteiger partial charge in [0.05, 0.1) is 0 Å². The molecule has 0 aliphatic heterocycles. The van der Waals surface area contributed by atoms with Crippen molar-refractivity contribution in [2.45, 2.75) is 6.92 Å². The lowest BCUT2D eigenvalue weighted by Crippen LogP contribution is -2.13. The first-order valence-corrected chi connectivity index (χ1v) is 8.81. The van der Waals surface area contributed by atoms with Gasteiger partial charge in [0, 0.05) is 23.8 Å². The van der Waals surface area contributed by atoms with Crippen LogP contribution in [-0.4, -0.2) is 17.0 Å². The molecule has 6 heteroatoms. The van der Waals surface area contributed by atoms with Crippen LogP contribution in [0.15, 0.2) is 66.7 Å². The fraction of sp³-hybridized carbons (Fsp3) is 0.0909. The summed E-state index contributed by atoms with van der Waals surface area (Å²) in [7, 11) is 1.87. The first-order valence-electron chi connectivity index (χ1n) is 8.81. The number of aryl methyl sites for hydroxylation is 1. The molecule has 28 heavy (non-hydrogen) atoms. The Kier molecular flexibility index (Phi) is 4.61. The number of halogens is 2. The van der Waals surface area contributed by atoms with Crippen molar-refractivity contribution in [3.05, 3.63) is 83.9 Å². The molecule has 0 fully saturated rings. The molecule has 0 atom stereocenters. The summed E-state index contributed by atoms with van der Waals surface area (Å²) in [5.74, 6) is 0.0579. The Morgan fingerprint density at radius 2 is 1.68 bits per heavy atom. The quantitative estimate of drug-likeness (QED) is 0.494. The van der Waals surface area contributed by atoms with Gasteiger partial charge in [-0.1, -0.05) is 24.3 Å². The molecule has 0 saturated carbocycles. The zero-order valence-electron chi connectivity index (χ0n) is 15.4. The highest BCUT2D eigenvalue weighted by Gasteiger charge is 2.16. The molecule has 0 unspecified atom stereocenters. The number of aromatic nitrogens is 2. The molecular formula is C22H18F2N4. The third-order valence-electron chi connectivity index (χ3n) is 4.55. The van der Waals surface area contributed by atoms with Gasteiger partial charge in [-0.25, -0.2) is 13.8 Å². The molecule has 1 N–H and O–H groups in total. The van der Waals surface area contributed by atoms with Crippen molar-refractivity contribution in [2.24, 2.45) is 0 Å². The number of para-hydroxylation sites is 2. The molecule has 140 valence electrons. The molecule has 1 heterocycles. The summed E-state index contributed by atoms with van der Waals surface area (Å²) in [5, 5.41) is 3.69. The molecule has 0 amide bonds. The summed E-state index contributed by atoms with van der Waals surface area (Å²) in [5.41, 5.74) is 2.49. The van der Waals surface area contributed by atoms with Crippen molar-refractivity contribution in [2.75, 3.05) is 17.3 Å². The molecule has 3 aromatic carbocycles. The SMILES string of the molecule is Cc1cc(F)ccc1Nc1nc(N(C)c2ccccc2)c2cccc(F)c2n1. The van der Waals surface area contributed by atoms with E-state index in [9.17, 15) is 8.78 Å². The van der Waals surface area contributed by atoms with Gasteiger partial charge in [-0.3, -0.25) is 0 Å². The molecule has 4 nitrogen and oxygen atoms in total. The minimum atomic E-state index is -0.429. The summed E-state index contributed by atoms with van der Waals surface area (Å²) >= 11 is 0. The molecule has 0 bridgehead atoms. The smallest absolute Gasteiger partial charge is 0.229 e. The number of nitrogens with zero attached hydrogens (tertiary/aromatic N) is 3. The van der Waals surface area contributed by atoms with Crippen molar-refractivity contribution in [3.8, 4) is 0 Å². The van der Waals surface area contributed by atoms with Crippen LogP contribution in [0.1, 0.15) is 5.56 Å². The van der Waals surface area contributed by atoms with E-state index in [1.54, 1.807) is 25.1 Å². The predicted octanol–water partition coefficient (Wildman–Crippen LogP) is 5.73. The molecule has 1 aromatic heterocycles. The van der Waals surface area contributed by atoms with Crippen LogP contribution in [0.4, 0.5) is 31.9 Å². The Bertz CT molecular complexity index is 1150. The summed E-state index contributed by atoms with van der Waals surface area (Å²) in [4.78, 5) is 10.9. The normalized spacial score (nSPS) is 10.9. The zero-order valence-corrected chi connectivity index (χ0v) is 15.4. The van der Waals surface area contributed by atoms with Gasteiger partial charge in [0.15, 0.2) is 0 Å². The maximum Gasteiger partial charge on any atom is 0.229 e.